The second-order valence-electron chi connectivity index (χ2n) is 8.39. The minimum atomic E-state index is -4.00. The summed E-state index contributed by atoms with van der Waals surface area (Å²) >= 11 is 1.08. The Morgan fingerprint density at radius 1 is 1.11 bits per heavy atom. The maximum absolute atomic E-state index is 13.6. The van der Waals surface area contributed by atoms with E-state index in [2.05, 4.69) is 5.32 Å². The summed E-state index contributed by atoms with van der Waals surface area (Å²) in [7, 11) is -0.811. The van der Waals surface area contributed by atoms with Crippen LogP contribution < -0.4 is 24.0 Å². The predicted molar refractivity (Wildman–Crippen MR) is 139 cm³/mol. The number of carbonyl (C=O) groups is 1. The van der Waals surface area contributed by atoms with E-state index in [1.54, 1.807) is 55.6 Å². The zero-order valence-electron chi connectivity index (χ0n) is 19.7. The van der Waals surface area contributed by atoms with E-state index in [1.807, 2.05) is 6.92 Å². The van der Waals surface area contributed by atoms with Gasteiger partial charge in [0.25, 0.3) is 15.9 Å². The topological polar surface area (TPSA) is 107 Å². The van der Waals surface area contributed by atoms with Gasteiger partial charge in [-0.25, -0.2) is 8.42 Å². The molecule has 186 valence electrons. The van der Waals surface area contributed by atoms with E-state index in [0.717, 1.165) is 27.1 Å². The molecule has 0 saturated heterocycles. The van der Waals surface area contributed by atoms with Crippen LogP contribution in [0.1, 0.15) is 5.56 Å². The minimum Gasteiger partial charge on any atom is -0.497 e. The number of benzene rings is 3. The van der Waals surface area contributed by atoms with Crippen molar-refractivity contribution < 1.29 is 22.7 Å². The SMILES string of the molecule is COc1ccc(S(=O)(=O)N2C[C@@H](C(=O)Nc3ccc4c(c3)sc(=O)n4C)Oc3cc(C)ccc32)cc1. The van der Waals surface area contributed by atoms with Crippen LogP contribution in [-0.4, -0.2) is 38.7 Å². The number of hydrogen-bond donors (Lipinski definition) is 1. The molecule has 1 amide bonds. The van der Waals surface area contributed by atoms with E-state index >= 15 is 0 Å². The molecular weight excluding hydrogens is 502 g/mol. The molecular formula is C25H23N3O6S2. The summed E-state index contributed by atoms with van der Waals surface area (Å²) in [4.78, 5) is 25.1. The lowest BCUT2D eigenvalue weighted by Gasteiger charge is -2.35. The number of thiazole rings is 1. The molecule has 0 aliphatic carbocycles. The van der Waals surface area contributed by atoms with E-state index in [1.165, 1.54) is 28.1 Å². The highest BCUT2D eigenvalue weighted by Crippen LogP contribution is 2.38. The maximum Gasteiger partial charge on any atom is 0.307 e. The maximum atomic E-state index is 13.6. The molecule has 11 heteroatoms. The molecule has 1 N–H and O–H groups in total. The highest BCUT2D eigenvalue weighted by molar-refractivity contribution is 7.92. The zero-order valence-corrected chi connectivity index (χ0v) is 21.4. The molecule has 0 spiro atoms. The van der Waals surface area contributed by atoms with Gasteiger partial charge in [0.15, 0.2) is 6.10 Å². The summed E-state index contributed by atoms with van der Waals surface area (Å²) < 4.78 is 41.8. The van der Waals surface area contributed by atoms with Crippen LogP contribution in [0.4, 0.5) is 11.4 Å². The second-order valence-corrected chi connectivity index (χ2v) is 11.2. The lowest BCUT2D eigenvalue weighted by atomic mass is 10.1. The largest absolute Gasteiger partial charge is 0.497 e. The van der Waals surface area contributed by atoms with Gasteiger partial charge in [-0.15, -0.1) is 0 Å². The number of hydrogen-bond acceptors (Lipinski definition) is 7. The molecule has 1 aliphatic heterocycles. The van der Waals surface area contributed by atoms with E-state index in [9.17, 15) is 18.0 Å². The lowest BCUT2D eigenvalue weighted by Crippen LogP contribution is -2.48. The Morgan fingerprint density at radius 2 is 1.86 bits per heavy atom. The third kappa shape index (κ3) is 4.20. The molecule has 9 nitrogen and oxygen atoms in total. The van der Waals surface area contributed by atoms with Gasteiger partial charge in [0.2, 0.25) is 0 Å². The number of fused-ring (bicyclic) bond motifs is 2. The first-order valence-corrected chi connectivity index (χ1v) is 13.3. The number of nitrogens with zero attached hydrogens (tertiary/aromatic N) is 2. The smallest absolute Gasteiger partial charge is 0.307 e. The first kappa shape index (κ1) is 23.9. The van der Waals surface area contributed by atoms with Crippen LogP contribution in [0.2, 0.25) is 0 Å². The molecule has 1 aromatic heterocycles. The average molecular weight is 526 g/mol. The van der Waals surface area contributed by atoms with E-state index in [4.69, 9.17) is 9.47 Å². The normalized spacial score (nSPS) is 15.3. The fourth-order valence-corrected chi connectivity index (χ4v) is 6.43. The van der Waals surface area contributed by atoms with Crippen LogP contribution in [-0.2, 0) is 21.9 Å². The number of nitrogens with one attached hydrogen (secondary N) is 1. The van der Waals surface area contributed by atoms with E-state index < -0.39 is 22.0 Å². The van der Waals surface area contributed by atoms with Crippen LogP contribution in [0.15, 0.2) is 70.4 Å². The first-order valence-electron chi connectivity index (χ1n) is 11.0. The number of aryl methyl sites for hydroxylation is 2. The van der Waals surface area contributed by atoms with Crippen molar-refractivity contribution in [1.29, 1.82) is 0 Å². The summed E-state index contributed by atoms with van der Waals surface area (Å²) in [6.45, 7) is 1.65. The van der Waals surface area contributed by atoms with Gasteiger partial charge < -0.3 is 19.4 Å². The quantitative estimate of drug-likeness (QED) is 0.427. The number of ether oxygens (including phenoxy) is 2. The van der Waals surface area contributed by atoms with Crippen molar-refractivity contribution in [2.24, 2.45) is 7.05 Å². The number of carbonyl (C=O) groups excluding carboxylic acids is 1. The molecule has 1 aliphatic rings. The molecule has 0 fully saturated rings. The Bertz CT molecular complexity index is 1640. The summed E-state index contributed by atoms with van der Waals surface area (Å²) in [5.74, 6) is 0.333. The number of rotatable bonds is 5. The number of methoxy groups -OCH3 is 1. The highest BCUT2D eigenvalue weighted by atomic mass is 32.2. The van der Waals surface area contributed by atoms with Crippen LogP contribution in [0.25, 0.3) is 10.2 Å². The van der Waals surface area contributed by atoms with Crippen molar-refractivity contribution in [1.82, 2.24) is 4.57 Å². The molecule has 1 atom stereocenters. The summed E-state index contributed by atoms with van der Waals surface area (Å²) in [6, 6.07) is 16.4. The molecule has 5 rings (SSSR count). The van der Waals surface area contributed by atoms with Gasteiger partial charge in [-0.05, 0) is 67.1 Å². The average Bonchev–Trinajstić information content (AvgIpc) is 3.15. The van der Waals surface area contributed by atoms with Crippen molar-refractivity contribution >= 4 is 48.9 Å². The van der Waals surface area contributed by atoms with Gasteiger partial charge in [0, 0.05) is 12.7 Å². The minimum absolute atomic E-state index is 0.0697. The van der Waals surface area contributed by atoms with Gasteiger partial charge in [0.05, 0.1) is 34.5 Å². The third-order valence-corrected chi connectivity index (χ3v) is 8.77. The van der Waals surface area contributed by atoms with Gasteiger partial charge in [0.1, 0.15) is 11.5 Å². The molecule has 36 heavy (non-hydrogen) atoms. The Kier molecular flexibility index (Phi) is 5.97. The fraction of sp³-hybridized carbons (Fsp3) is 0.200. The van der Waals surface area contributed by atoms with Crippen molar-refractivity contribution in [2.45, 2.75) is 17.9 Å². The highest BCUT2D eigenvalue weighted by Gasteiger charge is 2.37. The second kappa shape index (κ2) is 8.99. The molecule has 4 aromatic rings. The van der Waals surface area contributed by atoms with Crippen LogP contribution in [0, 0.1) is 6.92 Å². The van der Waals surface area contributed by atoms with Gasteiger partial charge in [-0.1, -0.05) is 17.4 Å². The summed E-state index contributed by atoms with van der Waals surface area (Å²) in [5, 5.41) is 2.80. The Labute approximate surface area is 211 Å². The number of amides is 1. The van der Waals surface area contributed by atoms with Gasteiger partial charge >= 0.3 is 4.87 Å². The van der Waals surface area contributed by atoms with Crippen molar-refractivity contribution in [3.63, 3.8) is 0 Å². The van der Waals surface area contributed by atoms with Crippen LogP contribution >= 0.6 is 11.3 Å². The number of sulfonamides is 1. The monoisotopic (exact) mass is 525 g/mol. The standard InChI is InChI=1S/C25H23N3O6S2/c1-15-4-10-19-21(12-15)34-22(14-28(19)36(31,32)18-8-6-17(33-3)7-9-18)24(29)26-16-5-11-20-23(13-16)35-25(30)27(20)2/h4-13,22H,14H2,1-3H3,(H,26,29)/t22-/m0/s1. The molecule has 2 heterocycles. The Hall–Kier alpha value is -3.83. The Morgan fingerprint density at radius 3 is 2.58 bits per heavy atom. The van der Waals surface area contributed by atoms with Crippen molar-refractivity contribution in [3.05, 3.63) is 75.9 Å². The van der Waals surface area contributed by atoms with Crippen molar-refractivity contribution in [2.75, 3.05) is 23.3 Å². The van der Waals surface area contributed by atoms with Crippen LogP contribution in [0.3, 0.4) is 0 Å². The Balaban J connectivity index is 1.47. The van der Waals surface area contributed by atoms with Crippen LogP contribution in [0.5, 0.6) is 11.5 Å². The molecule has 3 aromatic carbocycles. The first-order chi connectivity index (χ1) is 17.2. The van der Waals surface area contributed by atoms with Crippen molar-refractivity contribution in [3.8, 4) is 11.5 Å². The van der Waals surface area contributed by atoms with E-state index in [0.29, 0.717) is 22.9 Å². The fourth-order valence-electron chi connectivity index (χ4n) is 4.03. The molecule has 0 saturated carbocycles. The summed E-state index contributed by atoms with van der Waals surface area (Å²) in [5.41, 5.74) is 2.47. The number of anilines is 2. The van der Waals surface area contributed by atoms with Gasteiger partial charge in [-0.3, -0.25) is 13.9 Å². The summed E-state index contributed by atoms with van der Waals surface area (Å²) in [6.07, 6.45) is -1.10. The predicted octanol–water partition coefficient (Wildman–Crippen LogP) is 3.51. The molecule has 0 unspecified atom stereocenters. The van der Waals surface area contributed by atoms with E-state index in [-0.39, 0.29) is 16.3 Å². The third-order valence-electron chi connectivity index (χ3n) is 5.98. The van der Waals surface area contributed by atoms with Gasteiger partial charge in [-0.2, -0.15) is 0 Å². The molecule has 0 bridgehead atoms. The number of aromatic nitrogens is 1. The molecule has 0 radical (unpaired) electrons. The zero-order chi connectivity index (χ0) is 25.6. The lowest BCUT2D eigenvalue weighted by molar-refractivity contribution is -0.122.